The van der Waals surface area contributed by atoms with Crippen molar-refractivity contribution in [2.75, 3.05) is 5.32 Å². The minimum atomic E-state index is -0.204. The molecular formula is C19H20N6O2. The molecule has 3 heterocycles. The molecule has 0 radical (unpaired) electrons. The lowest BCUT2D eigenvalue weighted by atomic mass is 9.97. The molecule has 0 fully saturated rings. The Kier molecular flexibility index (Phi) is 4.69. The van der Waals surface area contributed by atoms with E-state index < -0.39 is 0 Å². The highest BCUT2D eigenvalue weighted by Crippen LogP contribution is 2.18. The molecule has 8 heteroatoms. The fraction of sp³-hybridized carbons (Fsp3) is 0.263. The number of nitrogens with zero attached hydrogens (tertiary/aromatic N) is 3. The zero-order valence-corrected chi connectivity index (χ0v) is 14.7. The number of benzene rings is 1. The Hall–Kier alpha value is -3.42. The Bertz CT molecular complexity index is 977. The van der Waals surface area contributed by atoms with E-state index in [0.29, 0.717) is 31.8 Å². The third-order valence-electron chi connectivity index (χ3n) is 4.73. The van der Waals surface area contributed by atoms with Gasteiger partial charge in [-0.1, -0.05) is 12.1 Å². The summed E-state index contributed by atoms with van der Waals surface area (Å²) in [5.41, 5.74) is 2.76. The van der Waals surface area contributed by atoms with E-state index in [1.807, 2.05) is 36.4 Å². The zero-order valence-electron chi connectivity index (χ0n) is 14.7. The molecule has 0 saturated carbocycles. The number of carbonyl (C=O) groups excluding carboxylic acids is 1. The first-order valence-electron chi connectivity index (χ1n) is 8.87. The Morgan fingerprint density at radius 3 is 2.67 bits per heavy atom. The maximum Gasteiger partial charge on any atom is 0.343 e. The first-order chi connectivity index (χ1) is 13.2. The molecule has 1 aliphatic rings. The predicted octanol–water partition coefficient (Wildman–Crippen LogP) is 1.59. The van der Waals surface area contributed by atoms with Gasteiger partial charge in [0.25, 0.3) is 0 Å². The summed E-state index contributed by atoms with van der Waals surface area (Å²) in [5, 5.41) is 12.7. The molecule has 1 aromatic carbocycles. The van der Waals surface area contributed by atoms with Crippen molar-refractivity contribution in [3.05, 3.63) is 70.7 Å². The first-order valence-corrected chi connectivity index (χ1v) is 8.87. The number of hydrogen-bond acceptors (Lipinski definition) is 5. The lowest BCUT2D eigenvalue weighted by molar-refractivity contribution is -0.125. The number of H-pyrrole nitrogens is 1. The molecule has 1 atom stereocenters. The summed E-state index contributed by atoms with van der Waals surface area (Å²) in [5.74, 6) is 0.494. The van der Waals surface area contributed by atoms with Gasteiger partial charge in [-0.05, 0) is 36.2 Å². The van der Waals surface area contributed by atoms with Crippen molar-refractivity contribution >= 4 is 17.3 Å². The highest BCUT2D eigenvalue weighted by Gasteiger charge is 2.26. The molecule has 3 aromatic rings. The SMILES string of the molecule is O=C(NCc1ccc(Nc2ccncc2)cc1)C1CCn2c(n[nH]c2=O)C1. The number of fused-ring (bicyclic) bond motifs is 1. The van der Waals surface area contributed by atoms with Crippen LogP contribution in [0.25, 0.3) is 0 Å². The van der Waals surface area contributed by atoms with E-state index in [0.717, 1.165) is 16.9 Å². The van der Waals surface area contributed by atoms with Crippen LogP contribution in [0.1, 0.15) is 17.8 Å². The molecule has 0 bridgehead atoms. The number of aromatic nitrogens is 4. The molecule has 0 saturated heterocycles. The lowest BCUT2D eigenvalue weighted by Gasteiger charge is -2.21. The number of pyridine rings is 1. The van der Waals surface area contributed by atoms with E-state index in [9.17, 15) is 9.59 Å². The smallest absolute Gasteiger partial charge is 0.343 e. The number of nitrogens with one attached hydrogen (secondary N) is 3. The second-order valence-electron chi connectivity index (χ2n) is 6.56. The van der Waals surface area contributed by atoms with Gasteiger partial charge in [0, 0.05) is 49.2 Å². The van der Waals surface area contributed by atoms with Crippen molar-refractivity contribution in [3.8, 4) is 0 Å². The van der Waals surface area contributed by atoms with Gasteiger partial charge in [-0.2, -0.15) is 5.10 Å². The summed E-state index contributed by atoms with van der Waals surface area (Å²) < 4.78 is 1.60. The molecule has 8 nitrogen and oxygen atoms in total. The van der Waals surface area contributed by atoms with Gasteiger partial charge in [0.15, 0.2) is 0 Å². The fourth-order valence-electron chi connectivity index (χ4n) is 3.21. The summed E-state index contributed by atoms with van der Waals surface area (Å²) in [6.45, 7) is 0.996. The van der Waals surface area contributed by atoms with Crippen LogP contribution in [-0.4, -0.2) is 25.7 Å². The maximum absolute atomic E-state index is 12.4. The average Bonchev–Trinajstić information content (AvgIpc) is 3.08. The standard InChI is InChI=1S/C19H20N6O2/c26-18(14-7-10-25-17(11-14)23-24-19(25)27)21-12-13-1-3-15(4-2-13)22-16-5-8-20-9-6-16/h1-6,8-9,14H,7,10-12H2,(H,20,22)(H,21,26)(H,24,27). The van der Waals surface area contributed by atoms with E-state index >= 15 is 0 Å². The molecule has 2 aromatic heterocycles. The summed E-state index contributed by atoms with van der Waals surface area (Å²) in [6.07, 6.45) is 4.60. The number of aromatic amines is 1. The van der Waals surface area contributed by atoms with Crippen LogP contribution in [0.2, 0.25) is 0 Å². The first kappa shape index (κ1) is 17.0. The zero-order chi connectivity index (χ0) is 18.6. The van der Waals surface area contributed by atoms with E-state index in [4.69, 9.17) is 0 Å². The van der Waals surface area contributed by atoms with Crippen LogP contribution in [0.3, 0.4) is 0 Å². The number of rotatable bonds is 5. The molecule has 1 unspecified atom stereocenters. The third-order valence-corrected chi connectivity index (χ3v) is 4.73. The summed E-state index contributed by atoms with van der Waals surface area (Å²) in [6, 6.07) is 11.7. The largest absolute Gasteiger partial charge is 0.355 e. The minimum Gasteiger partial charge on any atom is -0.355 e. The van der Waals surface area contributed by atoms with Gasteiger partial charge in [-0.15, -0.1) is 0 Å². The summed E-state index contributed by atoms with van der Waals surface area (Å²) in [4.78, 5) is 28.0. The molecule has 0 spiro atoms. The molecular weight excluding hydrogens is 344 g/mol. The van der Waals surface area contributed by atoms with Gasteiger partial charge >= 0.3 is 5.69 Å². The molecule has 27 heavy (non-hydrogen) atoms. The monoisotopic (exact) mass is 364 g/mol. The van der Waals surface area contributed by atoms with Crippen molar-refractivity contribution < 1.29 is 4.79 Å². The molecule has 3 N–H and O–H groups in total. The Morgan fingerprint density at radius 1 is 1.15 bits per heavy atom. The second-order valence-corrected chi connectivity index (χ2v) is 6.56. The molecule has 138 valence electrons. The van der Waals surface area contributed by atoms with Crippen molar-refractivity contribution in [2.24, 2.45) is 5.92 Å². The maximum atomic E-state index is 12.4. The third kappa shape index (κ3) is 3.89. The highest BCUT2D eigenvalue weighted by atomic mass is 16.2. The fourth-order valence-corrected chi connectivity index (χ4v) is 3.21. The molecule has 4 rings (SSSR count). The number of carbonyl (C=O) groups is 1. The van der Waals surface area contributed by atoms with Gasteiger partial charge in [-0.3, -0.25) is 14.3 Å². The van der Waals surface area contributed by atoms with Gasteiger partial charge in [0.2, 0.25) is 5.91 Å². The van der Waals surface area contributed by atoms with Crippen LogP contribution in [0.5, 0.6) is 0 Å². The lowest BCUT2D eigenvalue weighted by Crippen LogP contribution is -2.36. The van der Waals surface area contributed by atoms with E-state index in [1.54, 1.807) is 17.0 Å². The number of amides is 1. The van der Waals surface area contributed by atoms with Crippen LogP contribution in [0.15, 0.2) is 53.6 Å². The van der Waals surface area contributed by atoms with Crippen LogP contribution in [0, 0.1) is 5.92 Å². The van der Waals surface area contributed by atoms with E-state index in [2.05, 4.69) is 25.8 Å². The highest BCUT2D eigenvalue weighted by molar-refractivity contribution is 5.79. The van der Waals surface area contributed by atoms with Crippen LogP contribution >= 0.6 is 0 Å². The minimum absolute atomic E-state index is 0.00399. The molecule has 0 aliphatic carbocycles. The number of anilines is 2. The van der Waals surface area contributed by atoms with Crippen LogP contribution in [0.4, 0.5) is 11.4 Å². The van der Waals surface area contributed by atoms with Gasteiger partial charge in [0.1, 0.15) is 5.82 Å². The topological polar surface area (TPSA) is 105 Å². The second kappa shape index (κ2) is 7.45. The Labute approximate surface area is 155 Å². The van der Waals surface area contributed by atoms with Crippen LogP contribution < -0.4 is 16.3 Å². The van der Waals surface area contributed by atoms with Gasteiger partial charge in [-0.25, -0.2) is 9.89 Å². The number of hydrogen-bond donors (Lipinski definition) is 3. The average molecular weight is 364 g/mol. The Morgan fingerprint density at radius 2 is 1.89 bits per heavy atom. The van der Waals surface area contributed by atoms with Crippen molar-refractivity contribution in [1.29, 1.82) is 0 Å². The predicted molar refractivity (Wildman–Crippen MR) is 100 cm³/mol. The van der Waals surface area contributed by atoms with Crippen molar-refractivity contribution in [2.45, 2.75) is 25.9 Å². The van der Waals surface area contributed by atoms with Crippen molar-refractivity contribution in [1.82, 2.24) is 25.1 Å². The quantitative estimate of drug-likeness (QED) is 0.638. The summed E-state index contributed by atoms with van der Waals surface area (Å²) >= 11 is 0. The van der Waals surface area contributed by atoms with Gasteiger partial charge < -0.3 is 10.6 Å². The summed E-state index contributed by atoms with van der Waals surface area (Å²) in [7, 11) is 0. The normalized spacial score (nSPS) is 15.8. The Balaban J connectivity index is 1.31. The van der Waals surface area contributed by atoms with Crippen LogP contribution in [-0.2, 0) is 24.3 Å². The molecule has 1 aliphatic heterocycles. The van der Waals surface area contributed by atoms with Gasteiger partial charge in [0.05, 0.1) is 0 Å². The molecule has 1 amide bonds. The van der Waals surface area contributed by atoms with E-state index in [-0.39, 0.29) is 17.5 Å². The van der Waals surface area contributed by atoms with E-state index in [1.165, 1.54) is 0 Å². The van der Waals surface area contributed by atoms with Crippen molar-refractivity contribution in [3.63, 3.8) is 0 Å².